The highest BCUT2D eigenvalue weighted by Crippen LogP contribution is 2.08. The predicted molar refractivity (Wildman–Crippen MR) is 63.8 cm³/mol. The lowest BCUT2D eigenvalue weighted by atomic mass is 10.1. The Morgan fingerprint density at radius 3 is 2.28 bits per heavy atom. The van der Waals surface area contributed by atoms with Gasteiger partial charge in [0.05, 0.1) is 0 Å². The Kier molecular flexibility index (Phi) is 6.15. The molecule has 0 spiro atoms. The molecule has 0 aromatic heterocycles. The molecule has 0 aliphatic carbocycles. The largest absolute Gasteiger partial charge is 0.480 e. The Balaban J connectivity index is 4.23. The van der Waals surface area contributed by atoms with Crippen LogP contribution in [0, 0.1) is 0 Å². The van der Waals surface area contributed by atoms with E-state index in [4.69, 9.17) is 15.6 Å². The van der Waals surface area contributed by atoms with Crippen molar-refractivity contribution < 1.29 is 24.2 Å². The van der Waals surface area contributed by atoms with Gasteiger partial charge in [-0.25, -0.2) is 9.59 Å². The quantitative estimate of drug-likeness (QED) is 0.646. The number of nitrogens with one attached hydrogen (secondary N) is 1. The minimum Gasteiger partial charge on any atom is -0.480 e. The normalized spacial score (nSPS) is 12.6. The van der Waals surface area contributed by atoms with Crippen molar-refractivity contribution in [3.05, 3.63) is 0 Å². The van der Waals surface area contributed by atoms with Gasteiger partial charge >= 0.3 is 12.1 Å². The second-order valence-electron chi connectivity index (χ2n) is 4.90. The molecular weight excluding hydrogens is 240 g/mol. The molecule has 0 rings (SSSR count). The molecule has 7 heteroatoms. The Labute approximate surface area is 106 Å². The number of carboxylic acids is 1. The lowest BCUT2D eigenvalue weighted by Gasteiger charge is -2.21. The molecule has 0 radical (unpaired) electrons. The van der Waals surface area contributed by atoms with E-state index in [1.807, 2.05) is 0 Å². The van der Waals surface area contributed by atoms with Crippen LogP contribution in [0.15, 0.2) is 0 Å². The maximum Gasteiger partial charge on any atom is 0.408 e. The number of carbonyl (C=O) groups is 3. The first-order chi connectivity index (χ1) is 8.11. The summed E-state index contributed by atoms with van der Waals surface area (Å²) >= 11 is 0. The minimum absolute atomic E-state index is 0.0831. The van der Waals surface area contributed by atoms with Gasteiger partial charge in [-0.05, 0) is 33.6 Å². The van der Waals surface area contributed by atoms with Gasteiger partial charge in [0.15, 0.2) is 0 Å². The molecule has 0 heterocycles. The molecule has 2 amide bonds. The van der Waals surface area contributed by atoms with Crippen LogP contribution >= 0.6 is 0 Å². The zero-order valence-electron chi connectivity index (χ0n) is 10.9. The van der Waals surface area contributed by atoms with Crippen LogP contribution in [-0.2, 0) is 14.3 Å². The van der Waals surface area contributed by atoms with Gasteiger partial charge in [0.1, 0.15) is 11.6 Å². The summed E-state index contributed by atoms with van der Waals surface area (Å²) in [6, 6.07) is -1.08. The number of carboxylic acid groups (broad SMARTS) is 1. The Morgan fingerprint density at radius 2 is 1.89 bits per heavy atom. The van der Waals surface area contributed by atoms with Crippen molar-refractivity contribution in [2.24, 2.45) is 5.73 Å². The van der Waals surface area contributed by atoms with Crippen molar-refractivity contribution in [2.45, 2.75) is 51.7 Å². The van der Waals surface area contributed by atoms with Crippen molar-refractivity contribution in [1.29, 1.82) is 0 Å². The third-order valence-electron chi connectivity index (χ3n) is 1.91. The van der Waals surface area contributed by atoms with E-state index in [9.17, 15) is 14.4 Å². The van der Waals surface area contributed by atoms with E-state index in [1.165, 1.54) is 0 Å². The molecule has 0 aromatic rings. The molecule has 0 fully saturated rings. The molecule has 1 atom stereocenters. The fourth-order valence-corrected chi connectivity index (χ4v) is 1.19. The number of primary amides is 1. The highest BCUT2D eigenvalue weighted by atomic mass is 16.6. The standard InChI is InChI=1S/C11H20N2O5/c1-11(2,3)18-10(17)13-7(9(15)16)5-4-6-8(12)14/h7H,4-6H2,1-3H3,(H2,12,14)(H,13,17)(H,15,16). The van der Waals surface area contributed by atoms with E-state index in [2.05, 4.69) is 5.32 Å². The Morgan fingerprint density at radius 1 is 1.33 bits per heavy atom. The topological polar surface area (TPSA) is 119 Å². The lowest BCUT2D eigenvalue weighted by Crippen LogP contribution is -2.43. The van der Waals surface area contributed by atoms with Gasteiger partial charge in [0.25, 0.3) is 0 Å². The molecule has 0 aliphatic heterocycles. The van der Waals surface area contributed by atoms with Crippen molar-refractivity contribution in [2.75, 3.05) is 0 Å². The smallest absolute Gasteiger partial charge is 0.408 e. The van der Waals surface area contributed by atoms with E-state index < -0.39 is 29.6 Å². The first-order valence-corrected chi connectivity index (χ1v) is 5.62. The first-order valence-electron chi connectivity index (χ1n) is 5.62. The maximum absolute atomic E-state index is 11.4. The monoisotopic (exact) mass is 260 g/mol. The number of carbonyl (C=O) groups excluding carboxylic acids is 2. The maximum atomic E-state index is 11.4. The molecule has 7 nitrogen and oxygen atoms in total. The Bertz CT molecular complexity index is 322. The molecule has 1 unspecified atom stereocenters. The van der Waals surface area contributed by atoms with Gasteiger partial charge in [-0.2, -0.15) is 0 Å². The average molecular weight is 260 g/mol. The number of aliphatic carboxylic acids is 1. The van der Waals surface area contributed by atoms with E-state index in [0.717, 1.165) is 0 Å². The van der Waals surface area contributed by atoms with E-state index in [0.29, 0.717) is 6.42 Å². The van der Waals surface area contributed by atoms with Crippen molar-refractivity contribution in [3.8, 4) is 0 Å². The molecule has 4 N–H and O–H groups in total. The summed E-state index contributed by atoms with van der Waals surface area (Å²) in [6.07, 6.45) is -0.298. The fourth-order valence-electron chi connectivity index (χ4n) is 1.19. The molecule has 18 heavy (non-hydrogen) atoms. The molecule has 0 saturated carbocycles. The molecule has 104 valence electrons. The second kappa shape index (κ2) is 6.83. The van der Waals surface area contributed by atoms with Gasteiger partial charge in [-0.15, -0.1) is 0 Å². The highest BCUT2D eigenvalue weighted by Gasteiger charge is 2.23. The summed E-state index contributed by atoms with van der Waals surface area (Å²) in [4.78, 5) is 32.8. The van der Waals surface area contributed by atoms with Gasteiger partial charge in [-0.3, -0.25) is 4.79 Å². The molecule has 0 saturated heterocycles. The van der Waals surface area contributed by atoms with Crippen molar-refractivity contribution in [3.63, 3.8) is 0 Å². The number of hydrogen-bond acceptors (Lipinski definition) is 4. The number of nitrogens with two attached hydrogens (primary N) is 1. The molecule has 0 aromatic carbocycles. The van der Waals surface area contributed by atoms with Crippen molar-refractivity contribution >= 4 is 18.0 Å². The Hall–Kier alpha value is -1.79. The zero-order valence-corrected chi connectivity index (χ0v) is 10.9. The first kappa shape index (κ1) is 16.2. The third kappa shape index (κ3) is 8.37. The van der Waals surface area contributed by atoms with Crippen LogP contribution in [0.3, 0.4) is 0 Å². The SMILES string of the molecule is CC(C)(C)OC(=O)NC(CCCC(N)=O)C(=O)O. The van der Waals surface area contributed by atoms with Gasteiger partial charge in [0.2, 0.25) is 5.91 Å². The minimum atomic E-state index is -1.18. The zero-order chi connectivity index (χ0) is 14.3. The van der Waals surface area contributed by atoms with Gasteiger partial charge < -0.3 is 20.9 Å². The third-order valence-corrected chi connectivity index (χ3v) is 1.91. The van der Waals surface area contributed by atoms with E-state index >= 15 is 0 Å². The molecule has 0 bridgehead atoms. The second-order valence-corrected chi connectivity index (χ2v) is 4.90. The lowest BCUT2D eigenvalue weighted by molar-refractivity contribution is -0.139. The summed E-state index contributed by atoms with van der Waals surface area (Å²) in [6.45, 7) is 5.03. The van der Waals surface area contributed by atoms with Crippen LogP contribution in [0.4, 0.5) is 4.79 Å². The number of ether oxygens (including phenoxy) is 1. The van der Waals surface area contributed by atoms with Crippen LogP contribution in [0.5, 0.6) is 0 Å². The number of hydrogen-bond donors (Lipinski definition) is 3. The fraction of sp³-hybridized carbons (Fsp3) is 0.727. The molecular formula is C11H20N2O5. The van der Waals surface area contributed by atoms with Crippen LogP contribution in [0.2, 0.25) is 0 Å². The number of rotatable bonds is 6. The van der Waals surface area contributed by atoms with Gasteiger partial charge in [-0.1, -0.05) is 0 Å². The summed E-state index contributed by atoms with van der Waals surface area (Å²) in [5.41, 5.74) is 4.25. The average Bonchev–Trinajstić information content (AvgIpc) is 2.12. The van der Waals surface area contributed by atoms with Crippen LogP contribution in [0.25, 0.3) is 0 Å². The van der Waals surface area contributed by atoms with E-state index in [1.54, 1.807) is 20.8 Å². The molecule has 0 aliphatic rings. The van der Waals surface area contributed by atoms with Crippen LogP contribution in [-0.4, -0.2) is 34.7 Å². The predicted octanol–water partition coefficient (Wildman–Crippen LogP) is 0.620. The summed E-state index contributed by atoms with van der Waals surface area (Å²) in [7, 11) is 0. The van der Waals surface area contributed by atoms with E-state index in [-0.39, 0.29) is 12.8 Å². The summed E-state index contributed by atoms with van der Waals surface area (Å²) in [5.74, 6) is -1.68. The summed E-state index contributed by atoms with van der Waals surface area (Å²) in [5, 5.41) is 11.1. The van der Waals surface area contributed by atoms with Crippen LogP contribution < -0.4 is 11.1 Å². The summed E-state index contributed by atoms with van der Waals surface area (Å²) < 4.78 is 4.94. The van der Waals surface area contributed by atoms with Crippen molar-refractivity contribution in [1.82, 2.24) is 5.32 Å². The van der Waals surface area contributed by atoms with Gasteiger partial charge in [0, 0.05) is 6.42 Å². The van der Waals surface area contributed by atoms with Crippen LogP contribution in [0.1, 0.15) is 40.0 Å². The highest BCUT2D eigenvalue weighted by molar-refractivity contribution is 5.80. The number of amides is 2. The number of alkyl carbamates (subject to hydrolysis) is 1.